The fraction of sp³-hybridized carbons (Fsp3) is 0.304. The van der Waals surface area contributed by atoms with Crippen LogP contribution >= 0.6 is 0 Å². The van der Waals surface area contributed by atoms with Gasteiger partial charge in [0.15, 0.2) is 0 Å². The molecular weight excluding hydrogens is 350 g/mol. The number of hydrogen-bond acceptors (Lipinski definition) is 3. The third kappa shape index (κ3) is 4.25. The molecule has 0 radical (unpaired) electrons. The van der Waals surface area contributed by atoms with Gasteiger partial charge >= 0.3 is 0 Å². The van der Waals surface area contributed by atoms with Gasteiger partial charge in [-0.25, -0.2) is 4.68 Å². The molecule has 0 N–H and O–H groups in total. The summed E-state index contributed by atoms with van der Waals surface area (Å²) in [6, 6.07) is 17.9. The molecule has 1 amide bonds. The zero-order valence-electron chi connectivity index (χ0n) is 17.0. The number of ether oxygens (including phenoxy) is 1. The van der Waals surface area contributed by atoms with Crippen molar-refractivity contribution in [3.63, 3.8) is 0 Å². The second-order valence-electron chi connectivity index (χ2n) is 6.96. The number of carbonyl (C=O) groups is 1. The molecule has 2 aromatic carbocycles. The predicted octanol–water partition coefficient (Wildman–Crippen LogP) is 4.09. The van der Waals surface area contributed by atoms with E-state index in [4.69, 9.17) is 4.74 Å². The fourth-order valence-corrected chi connectivity index (χ4v) is 3.39. The van der Waals surface area contributed by atoms with Gasteiger partial charge in [-0.05, 0) is 44.0 Å². The van der Waals surface area contributed by atoms with Gasteiger partial charge in [0.2, 0.25) is 5.91 Å². The van der Waals surface area contributed by atoms with Gasteiger partial charge in [0.1, 0.15) is 5.75 Å². The maximum atomic E-state index is 12.7. The number of rotatable bonds is 7. The lowest BCUT2D eigenvalue weighted by Gasteiger charge is -2.18. The first-order valence-electron chi connectivity index (χ1n) is 9.47. The standard InChI is InChI=1S/C23H27N3O2/c1-17-21(18(2)26(24-17)20-11-6-5-7-12-20)16-25(3)23(27)15-14-19-10-8-9-13-22(19)28-4/h5-13H,14-16H2,1-4H3. The van der Waals surface area contributed by atoms with E-state index in [0.717, 1.165) is 34.0 Å². The van der Waals surface area contributed by atoms with Crippen LogP contribution in [0.2, 0.25) is 0 Å². The van der Waals surface area contributed by atoms with Crippen LogP contribution < -0.4 is 4.74 Å². The van der Waals surface area contributed by atoms with Gasteiger partial charge in [-0.3, -0.25) is 4.79 Å². The minimum atomic E-state index is 0.108. The summed E-state index contributed by atoms with van der Waals surface area (Å²) in [7, 11) is 3.51. The number of nitrogens with zero attached hydrogens (tertiary/aromatic N) is 3. The van der Waals surface area contributed by atoms with Crippen LogP contribution in [0.5, 0.6) is 5.75 Å². The summed E-state index contributed by atoms with van der Waals surface area (Å²) in [6.45, 7) is 4.60. The highest BCUT2D eigenvalue weighted by molar-refractivity contribution is 5.76. The number of amides is 1. The zero-order valence-corrected chi connectivity index (χ0v) is 17.0. The second kappa shape index (κ2) is 8.74. The normalized spacial score (nSPS) is 10.7. The molecule has 0 saturated heterocycles. The van der Waals surface area contributed by atoms with Crippen molar-refractivity contribution < 1.29 is 9.53 Å². The molecule has 0 atom stereocenters. The number of hydrogen-bond donors (Lipinski definition) is 0. The van der Waals surface area contributed by atoms with Crippen LogP contribution in [-0.2, 0) is 17.8 Å². The van der Waals surface area contributed by atoms with Crippen molar-refractivity contribution in [3.05, 3.63) is 77.1 Å². The molecular formula is C23H27N3O2. The Balaban J connectivity index is 1.68. The molecule has 0 unspecified atom stereocenters. The quantitative estimate of drug-likeness (QED) is 0.623. The smallest absolute Gasteiger partial charge is 0.222 e. The van der Waals surface area contributed by atoms with E-state index in [1.165, 1.54) is 0 Å². The van der Waals surface area contributed by atoms with Gasteiger partial charge in [-0.2, -0.15) is 5.10 Å². The minimum absolute atomic E-state index is 0.108. The maximum Gasteiger partial charge on any atom is 0.222 e. The van der Waals surface area contributed by atoms with E-state index in [1.54, 1.807) is 12.0 Å². The van der Waals surface area contributed by atoms with Gasteiger partial charge in [0, 0.05) is 31.3 Å². The lowest BCUT2D eigenvalue weighted by Crippen LogP contribution is -2.27. The topological polar surface area (TPSA) is 47.4 Å². The summed E-state index contributed by atoms with van der Waals surface area (Å²) >= 11 is 0. The highest BCUT2D eigenvalue weighted by Crippen LogP contribution is 2.21. The third-order valence-corrected chi connectivity index (χ3v) is 5.06. The van der Waals surface area contributed by atoms with Crippen molar-refractivity contribution >= 4 is 5.91 Å². The van der Waals surface area contributed by atoms with Crippen molar-refractivity contribution in [2.24, 2.45) is 0 Å². The van der Waals surface area contributed by atoms with Crippen LogP contribution in [0.1, 0.15) is 28.9 Å². The summed E-state index contributed by atoms with van der Waals surface area (Å²) in [5, 5.41) is 4.67. The highest BCUT2D eigenvalue weighted by Gasteiger charge is 2.17. The Morgan fingerprint density at radius 3 is 2.46 bits per heavy atom. The van der Waals surface area contributed by atoms with Crippen molar-refractivity contribution in [3.8, 4) is 11.4 Å². The molecule has 5 heteroatoms. The van der Waals surface area contributed by atoms with E-state index >= 15 is 0 Å². The summed E-state index contributed by atoms with van der Waals surface area (Å²) in [4.78, 5) is 14.5. The van der Waals surface area contributed by atoms with Crippen LogP contribution in [0, 0.1) is 13.8 Å². The van der Waals surface area contributed by atoms with E-state index < -0.39 is 0 Å². The molecule has 0 aliphatic heterocycles. The minimum Gasteiger partial charge on any atom is -0.496 e. The first kappa shape index (κ1) is 19.7. The van der Waals surface area contributed by atoms with Gasteiger partial charge < -0.3 is 9.64 Å². The van der Waals surface area contributed by atoms with Gasteiger partial charge in [0.25, 0.3) is 0 Å². The molecule has 0 aliphatic carbocycles. The van der Waals surface area contributed by atoms with Gasteiger partial charge in [-0.15, -0.1) is 0 Å². The molecule has 1 heterocycles. The molecule has 0 spiro atoms. The molecule has 28 heavy (non-hydrogen) atoms. The molecule has 146 valence electrons. The van der Waals surface area contributed by atoms with Gasteiger partial charge in [0.05, 0.1) is 18.5 Å². The summed E-state index contributed by atoms with van der Waals surface area (Å²) in [5.41, 5.74) is 5.19. The molecule has 5 nitrogen and oxygen atoms in total. The third-order valence-electron chi connectivity index (χ3n) is 5.06. The molecule has 3 rings (SSSR count). The van der Waals surface area contributed by atoms with Crippen LogP contribution in [0.4, 0.5) is 0 Å². The van der Waals surface area contributed by atoms with Crippen LogP contribution in [0.15, 0.2) is 54.6 Å². The van der Waals surface area contributed by atoms with Crippen molar-refractivity contribution in [2.45, 2.75) is 33.2 Å². The Hall–Kier alpha value is -3.08. The molecule has 0 bridgehead atoms. The lowest BCUT2D eigenvalue weighted by molar-refractivity contribution is -0.130. The summed E-state index contributed by atoms with van der Waals surface area (Å²) in [5.74, 6) is 0.936. The number of aryl methyl sites for hydroxylation is 2. The van der Waals surface area contributed by atoms with E-state index in [2.05, 4.69) is 12.0 Å². The number of benzene rings is 2. The van der Waals surface area contributed by atoms with Crippen LogP contribution in [0.25, 0.3) is 5.69 Å². The molecule has 0 saturated carbocycles. The van der Waals surface area contributed by atoms with Crippen molar-refractivity contribution in [2.75, 3.05) is 14.2 Å². The maximum absolute atomic E-state index is 12.7. The Bertz CT molecular complexity index is 948. The highest BCUT2D eigenvalue weighted by atomic mass is 16.5. The Morgan fingerprint density at radius 1 is 1.07 bits per heavy atom. The fourth-order valence-electron chi connectivity index (χ4n) is 3.39. The molecule has 0 fully saturated rings. The molecule has 1 aromatic heterocycles. The second-order valence-corrected chi connectivity index (χ2v) is 6.96. The Kier molecular flexibility index (Phi) is 6.14. The van der Waals surface area contributed by atoms with Crippen LogP contribution in [-0.4, -0.2) is 34.7 Å². The lowest BCUT2D eigenvalue weighted by atomic mass is 10.1. The summed E-state index contributed by atoms with van der Waals surface area (Å²) < 4.78 is 7.32. The number of carbonyl (C=O) groups excluding carboxylic acids is 1. The van der Waals surface area contributed by atoms with Crippen LogP contribution in [0.3, 0.4) is 0 Å². The zero-order chi connectivity index (χ0) is 20.1. The largest absolute Gasteiger partial charge is 0.496 e. The van der Waals surface area contributed by atoms with E-state index in [1.807, 2.05) is 73.3 Å². The first-order chi connectivity index (χ1) is 13.5. The average molecular weight is 377 g/mol. The van der Waals surface area contributed by atoms with Crippen molar-refractivity contribution in [1.29, 1.82) is 0 Å². The summed E-state index contributed by atoms with van der Waals surface area (Å²) in [6.07, 6.45) is 1.11. The predicted molar refractivity (Wildman–Crippen MR) is 111 cm³/mol. The van der Waals surface area contributed by atoms with E-state index in [-0.39, 0.29) is 5.91 Å². The van der Waals surface area contributed by atoms with Crippen molar-refractivity contribution in [1.82, 2.24) is 14.7 Å². The Labute approximate surface area is 166 Å². The molecule has 3 aromatic rings. The molecule has 0 aliphatic rings. The number of aromatic nitrogens is 2. The first-order valence-corrected chi connectivity index (χ1v) is 9.47. The number of para-hydroxylation sites is 2. The van der Waals surface area contributed by atoms with Gasteiger partial charge in [-0.1, -0.05) is 36.4 Å². The monoisotopic (exact) mass is 377 g/mol. The average Bonchev–Trinajstić information content (AvgIpc) is 3.01. The SMILES string of the molecule is COc1ccccc1CCC(=O)N(C)Cc1c(C)nn(-c2ccccc2)c1C. The number of methoxy groups -OCH3 is 1. The Morgan fingerprint density at radius 2 is 1.75 bits per heavy atom. The van der Waals surface area contributed by atoms with E-state index in [9.17, 15) is 4.79 Å². The van der Waals surface area contributed by atoms with E-state index in [0.29, 0.717) is 19.4 Å².